The first-order chi connectivity index (χ1) is 10.9. The van der Waals surface area contributed by atoms with Crippen LogP contribution < -0.4 is 0 Å². The molecule has 0 N–H and O–H groups in total. The number of benzene rings is 1. The van der Waals surface area contributed by atoms with Crippen molar-refractivity contribution in [1.29, 1.82) is 0 Å². The van der Waals surface area contributed by atoms with Gasteiger partial charge in [0.05, 0.1) is 23.9 Å². The van der Waals surface area contributed by atoms with E-state index in [1.165, 1.54) is 11.8 Å². The Morgan fingerprint density at radius 3 is 2.65 bits per heavy atom. The fraction of sp³-hybridized carbons (Fsp3) is 0.533. The molecule has 1 saturated heterocycles. The van der Waals surface area contributed by atoms with Gasteiger partial charge in [-0.15, -0.1) is 11.8 Å². The number of amides is 1. The number of halogens is 1. The molecular weight excluding hydrogens is 402 g/mol. The van der Waals surface area contributed by atoms with Crippen LogP contribution in [0.25, 0.3) is 0 Å². The molecule has 0 spiro atoms. The smallest absolute Gasteiger partial charge is 0.233 e. The van der Waals surface area contributed by atoms with Crippen molar-refractivity contribution in [2.75, 3.05) is 37.5 Å². The average molecular weight is 422 g/mol. The van der Waals surface area contributed by atoms with E-state index < -0.39 is 9.84 Å². The molecule has 1 amide bonds. The summed E-state index contributed by atoms with van der Waals surface area (Å²) in [5.74, 6) is 0.471. The lowest BCUT2D eigenvalue weighted by atomic mass is 10.2. The van der Waals surface area contributed by atoms with Gasteiger partial charge in [0.25, 0.3) is 0 Å². The number of carbonyl (C=O) groups excluding carboxylic acids is 1. The van der Waals surface area contributed by atoms with Gasteiger partial charge < -0.3 is 9.64 Å². The fourth-order valence-electron chi connectivity index (χ4n) is 2.48. The number of sulfone groups is 1. The summed E-state index contributed by atoms with van der Waals surface area (Å²) in [6.45, 7) is 0.835. The van der Waals surface area contributed by atoms with Crippen molar-refractivity contribution >= 4 is 43.4 Å². The molecule has 2 rings (SSSR count). The summed E-state index contributed by atoms with van der Waals surface area (Å²) in [7, 11) is -1.44. The number of hydrogen-bond donors (Lipinski definition) is 0. The van der Waals surface area contributed by atoms with Gasteiger partial charge in [0.1, 0.15) is 0 Å². The first-order valence-corrected chi connectivity index (χ1v) is 10.9. The standard InChI is InChI=1S/C15H20BrNO4S2/c1-21-8-7-17(13-6-9-23(19,20)11-13)15(18)10-22-14-4-2-12(16)3-5-14/h2-5,13H,6-11H2,1H3. The maximum atomic E-state index is 12.5. The highest BCUT2D eigenvalue weighted by Gasteiger charge is 2.34. The topological polar surface area (TPSA) is 63.7 Å². The zero-order valence-electron chi connectivity index (χ0n) is 12.9. The molecule has 1 aromatic carbocycles. The van der Waals surface area contributed by atoms with E-state index in [1.54, 1.807) is 12.0 Å². The Hall–Kier alpha value is -0.570. The molecule has 1 unspecified atom stereocenters. The van der Waals surface area contributed by atoms with Crippen molar-refractivity contribution in [1.82, 2.24) is 4.90 Å². The second-order valence-corrected chi connectivity index (χ2v) is 9.57. The summed E-state index contributed by atoms with van der Waals surface area (Å²) in [5, 5.41) is 0. The van der Waals surface area contributed by atoms with Gasteiger partial charge in [0.2, 0.25) is 5.91 Å². The Morgan fingerprint density at radius 1 is 1.39 bits per heavy atom. The Labute approximate surface area is 149 Å². The van der Waals surface area contributed by atoms with Gasteiger partial charge in [-0.3, -0.25) is 4.79 Å². The Kier molecular flexibility index (Phi) is 6.94. The first kappa shape index (κ1) is 18.8. The minimum absolute atomic E-state index is 0.0444. The minimum atomic E-state index is -3.02. The predicted molar refractivity (Wildman–Crippen MR) is 95.5 cm³/mol. The van der Waals surface area contributed by atoms with E-state index in [0.29, 0.717) is 25.3 Å². The molecular formula is C15H20BrNO4S2. The monoisotopic (exact) mass is 421 g/mol. The van der Waals surface area contributed by atoms with Crippen molar-refractivity contribution in [2.24, 2.45) is 0 Å². The lowest BCUT2D eigenvalue weighted by Gasteiger charge is -2.28. The SMILES string of the molecule is COCCN(C(=O)CSc1ccc(Br)cc1)C1CCS(=O)(=O)C1. The van der Waals surface area contributed by atoms with E-state index in [1.807, 2.05) is 24.3 Å². The van der Waals surface area contributed by atoms with Gasteiger partial charge in [-0.2, -0.15) is 0 Å². The molecule has 23 heavy (non-hydrogen) atoms. The molecule has 0 aromatic heterocycles. The van der Waals surface area contributed by atoms with Crippen LogP contribution in [-0.2, 0) is 19.4 Å². The average Bonchev–Trinajstić information content (AvgIpc) is 2.87. The number of carbonyl (C=O) groups is 1. The van der Waals surface area contributed by atoms with Crippen molar-refractivity contribution in [2.45, 2.75) is 17.4 Å². The first-order valence-electron chi connectivity index (χ1n) is 7.28. The summed E-state index contributed by atoms with van der Waals surface area (Å²) in [4.78, 5) is 15.2. The largest absolute Gasteiger partial charge is 0.383 e. The second-order valence-electron chi connectivity index (χ2n) is 5.38. The number of ether oxygens (including phenoxy) is 1. The zero-order chi connectivity index (χ0) is 16.9. The highest BCUT2D eigenvalue weighted by Crippen LogP contribution is 2.23. The Balaban J connectivity index is 1.97. The van der Waals surface area contributed by atoms with Crippen LogP contribution in [0.3, 0.4) is 0 Å². The lowest BCUT2D eigenvalue weighted by molar-refractivity contribution is -0.130. The second kappa shape index (κ2) is 8.50. The van der Waals surface area contributed by atoms with E-state index in [2.05, 4.69) is 15.9 Å². The Bertz CT molecular complexity index is 633. The minimum Gasteiger partial charge on any atom is -0.383 e. The summed E-state index contributed by atoms with van der Waals surface area (Å²) in [6.07, 6.45) is 0.515. The quantitative estimate of drug-likeness (QED) is 0.631. The van der Waals surface area contributed by atoms with Crippen LogP contribution in [-0.4, -0.2) is 62.8 Å². The summed E-state index contributed by atoms with van der Waals surface area (Å²) >= 11 is 4.83. The van der Waals surface area contributed by atoms with Crippen molar-refractivity contribution in [3.63, 3.8) is 0 Å². The molecule has 1 aliphatic rings. The molecule has 0 saturated carbocycles. The number of rotatable bonds is 7. The number of hydrogen-bond acceptors (Lipinski definition) is 5. The highest BCUT2D eigenvalue weighted by atomic mass is 79.9. The van der Waals surface area contributed by atoms with Crippen molar-refractivity contribution in [3.8, 4) is 0 Å². The summed E-state index contributed by atoms with van der Waals surface area (Å²) in [5.41, 5.74) is 0. The third-order valence-corrected chi connectivity index (χ3v) is 6.96. The van der Waals surface area contributed by atoms with Gasteiger partial charge in [-0.25, -0.2) is 8.42 Å². The van der Waals surface area contributed by atoms with E-state index in [-0.39, 0.29) is 23.5 Å². The van der Waals surface area contributed by atoms with Gasteiger partial charge in [0.15, 0.2) is 9.84 Å². The molecule has 1 aliphatic heterocycles. The van der Waals surface area contributed by atoms with Crippen LogP contribution in [0.1, 0.15) is 6.42 Å². The maximum Gasteiger partial charge on any atom is 0.233 e. The molecule has 0 radical (unpaired) electrons. The van der Waals surface area contributed by atoms with Gasteiger partial charge in [-0.05, 0) is 30.7 Å². The Morgan fingerprint density at radius 2 is 2.09 bits per heavy atom. The number of methoxy groups -OCH3 is 1. The van der Waals surface area contributed by atoms with Gasteiger partial charge in [0, 0.05) is 29.1 Å². The van der Waals surface area contributed by atoms with Crippen LogP contribution in [0.5, 0.6) is 0 Å². The zero-order valence-corrected chi connectivity index (χ0v) is 16.1. The molecule has 8 heteroatoms. The predicted octanol–water partition coefficient (Wildman–Crippen LogP) is 2.20. The van der Waals surface area contributed by atoms with E-state index in [0.717, 1.165) is 9.37 Å². The molecule has 128 valence electrons. The molecule has 5 nitrogen and oxygen atoms in total. The molecule has 0 bridgehead atoms. The van der Waals surface area contributed by atoms with Crippen LogP contribution in [0.4, 0.5) is 0 Å². The molecule has 1 aromatic rings. The van der Waals surface area contributed by atoms with Gasteiger partial charge >= 0.3 is 0 Å². The lowest BCUT2D eigenvalue weighted by Crippen LogP contribution is -2.44. The normalized spacial score (nSPS) is 19.7. The number of nitrogens with zero attached hydrogens (tertiary/aromatic N) is 1. The van der Waals surface area contributed by atoms with Gasteiger partial charge in [-0.1, -0.05) is 15.9 Å². The summed E-state index contributed by atoms with van der Waals surface area (Å²) in [6, 6.07) is 7.52. The van der Waals surface area contributed by atoms with Crippen LogP contribution in [0, 0.1) is 0 Å². The van der Waals surface area contributed by atoms with E-state index in [9.17, 15) is 13.2 Å². The third-order valence-electron chi connectivity index (χ3n) is 3.68. The molecule has 1 heterocycles. The maximum absolute atomic E-state index is 12.5. The van der Waals surface area contributed by atoms with Crippen molar-refractivity contribution < 1.29 is 17.9 Å². The summed E-state index contributed by atoms with van der Waals surface area (Å²) < 4.78 is 29.4. The highest BCUT2D eigenvalue weighted by molar-refractivity contribution is 9.10. The molecule has 1 fully saturated rings. The number of thioether (sulfide) groups is 1. The van der Waals surface area contributed by atoms with E-state index in [4.69, 9.17) is 4.74 Å². The molecule has 0 aliphatic carbocycles. The molecule has 1 atom stereocenters. The van der Waals surface area contributed by atoms with Crippen LogP contribution in [0.15, 0.2) is 33.6 Å². The van der Waals surface area contributed by atoms with Crippen molar-refractivity contribution in [3.05, 3.63) is 28.7 Å². The fourth-order valence-corrected chi connectivity index (χ4v) is 5.26. The van der Waals surface area contributed by atoms with Crippen LogP contribution >= 0.6 is 27.7 Å². The van der Waals surface area contributed by atoms with Crippen LogP contribution in [0.2, 0.25) is 0 Å². The van der Waals surface area contributed by atoms with E-state index >= 15 is 0 Å². The third kappa shape index (κ3) is 5.77.